The van der Waals surface area contributed by atoms with Gasteiger partial charge in [-0.05, 0) is 0 Å². The lowest BCUT2D eigenvalue weighted by Crippen LogP contribution is -2.24. The molecule has 3 atom stereocenters. The van der Waals surface area contributed by atoms with Crippen molar-refractivity contribution in [2.24, 2.45) is 0 Å². The van der Waals surface area contributed by atoms with Crippen LogP contribution >= 0.6 is 0 Å². The van der Waals surface area contributed by atoms with Crippen LogP contribution in [-0.2, 0) is 4.74 Å². The van der Waals surface area contributed by atoms with Crippen LogP contribution in [0, 0.1) is 0 Å². The van der Waals surface area contributed by atoms with Crippen LogP contribution in [0.25, 0.3) is 22.3 Å². The standard InChI is InChI=1S/C10H12N4O4.C5H4N4O/c15-2-6-5(16)1-7(18-6)14-4-13-8-9(14)11-3-12-10(8)17;10-5-3-4(7-1-6-3)8-2-9-5/h3-7,15-16H,1-2H2,(H,11,12,17);1-2H,(H2,6,7,8,9,10)/t5-,6+,7+;/m0./s1. The molecule has 5 N–H and O–H groups in total. The number of fused-ring (bicyclic) bond motifs is 2. The van der Waals surface area contributed by atoms with E-state index in [0.717, 1.165) is 0 Å². The molecule has 0 unspecified atom stereocenters. The number of ether oxygens (including phenoxy) is 1. The Morgan fingerprint density at radius 1 is 1.18 bits per heavy atom. The smallest absolute Gasteiger partial charge is 0.276 e. The Balaban J connectivity index is 0.000000162. The predicted molar refractivity (Wildman–Crippen MR) is 93.1 cm³/mol. The maximum atomic E-state index is 10.9. The summed E-state index contributed by atoms with van der Waals surface area (Å²) in [6.45, 7) is -0.246. The Kier molecular flexibility index (Phi) is 4.68. The monoisotopic (exact) mass is 388 g/mol. The number of nitrogens with one attached hydrogen (secondary N) is 2. The molecule has 0 aromatic carbocycles. The number of hydrogen-bond acceptors (Lipinski definition) is 10. The number of aliphatic hydroxyl groups is 2. The molecule has 13 nitrogen and oxygen atoms in total. The number of aliphatic hydroxyl groups excluding tert-OH is 2. The van der Waals surface area contributed by atoms with Gasteiger partial charge in [0.25, 0.3) is 5.56 Å². The molecule has 1 aliphatic heterocycles. The van der Waals surface area contributed by atoms with Gasteiger partial charge in [-0.25, -0.2) is 19.9 Å². The summed E-state index contributed by atoms with van der Waals surface area (Å²) < 4.78 is 7.10. The summed E-state index contributed by atoms with van der Waals surface area (Å²) in [6, 6.07) is 0. The number of aromatic hydroxyl groups is 1. The molecule has 1 aliphatic rings. The number of imidazole rings is 2. The molecule has 1 fully saturated rings. The maximum absolute atomic E-state index is 10.9. The molecule has 5 heterocycles. The number of aromatic amines is 2. The first-order valence-corrected chi connectivity index (χ1v) is 8.26. The summed E-state index contributed by atoms with van der Waals surface area (Å²) in [5, 5.41) is 28.2. The highest BCUT2D eigenvalue weighted by molar-refractivity contribution is 5.75. The number of aromatic nitrogens is 8. The van der Waals surface area contributed by atoms with Crippen molar-refractivity contribution in [3.05, 3.63) is 35.7 Å². The lowest BCUT2D eigenvalue weighted by Gasteiger charge is -2.13. The first kappa shape index (κ1) is 18.0. The molecule has 0 amide bonds. The molecule has 146 valence electrons. The Hall–Kier alpha value is -3.42. The predicted octanol–water partition coefficient (Wildman–Crippen LogP) is -1.18. The van der Waals surface area contributed by atoms with Crippen molar-refractivity contribution in [1.29, 1.82) is 0 Å². The summed E-state index contributed by atoms with van der Waals surface area (Å²) in [5.74, 6) is -0.198. The van der Waals surface area contributed by atoms with Crippen LogP contribution in [0.3, 0.4) is 0 Å². The molecule has 1 saturated heterocycles. The molecular formula is C15H16N8O5. The van der Waals surface area contributed by atoms with E-state index in [0.29, 0.717) is 23.2 Å². The molecule has 0 radical (unpaired) electrons. The van der Waals surface area contributed by atoms with Crippen LogP contribution in [-0.4, -0.2) is 73.6 Å². The van der Waals surface area contributed by atoms with E-state index in [1.54, 1.807) is 4.57 Å². The van der Waals surface area contributed by atoms with Crippen LogP contribution in [0.4, 0.5) is 0 Å². The van der Waals surface area contributed by atoms with Gasteiger partial charge in [-0.15, -0.1) is 0 Å². The summed E-state index contributed by atoms with van der Waals surface area (Å²) in [5.41, 5.74) is 1.38. The van der Waals surface area contributed by atoms with E-state index in [1.165, 1.54) is 25.3 Å². The fourth-order valence-corrected chi connectivity index (χ4v) is 2.88. The zero-order chi connectivity index (χ0) is 19.7. The van der Waals surface area contributed by atoms with Crippen molar-refractivity contribution >= 4 is 22.3 Å². The number of hydrogen-bond donors (Lipinski definition) is 5. The van der Waals surface area contributed by atoms with Crippen molar-refractivity contribution in [3.63, 3.8) is 0 Å². The Labute approximate surface area is 155 Å². The van der Waals surface area contributed by atoms with Gasteiger partial charge in [0.15, 0.2) is 22.3 Å². The third kappa shape index (κ3) is 3.17. The second-order valence-electron chi connectivity index (χ2n) is 5.97. The van der Waals surface area contributed by atoms with Gasteiger partial charge in [0.2, 0.25) is 5.88 Å². The molecule has 13 heteroatoms. The van der Waals surface area contributed by atoms with E-state index in [-0.39, 0.29) is 23.6 Å². The third-order valence-electron chi connectivity index (χ3n) is 4.26. The van der Waals surface area contributed by atoms with E-state index >= 15 is 0 Å². The van der Waals surface area contributed by atoms with Crippen LogP contribution in [0.5, 0.6) is 5.88 Å². The minimum absolute atomic E-state index is 0.192. The molecule has 28 heavy (non-hydrogen) atoms. The summed E-state index contributed by atoms with van der Waals surface area (Å²) in [7, 11) is 0. The quantitative estimate of drug-likeness (QED) is 0.279. The van der Waals surface area contributed by atoms with Gasteiger partial charge in [-0.2, -0.15) is 4.98 Å². The number of nitrogens with zero attached hydrogens (tertiary/aromatic N) is 6. The van der Waals surface area contributed by atoms with E-state index in [2.05, 4.69) is 34.9 Å². The zero-order valence-corrected chi connectivity index (χ0v) is 14.3. The van der Waals surface area contributed by atoms with Crippen LogP contribution in [0.15, 0.2) is 30.1 Å². The van der Waals surface area contributed by atoms with Gasteiger partial charge in [0.1, 0.15) is 18.7 Å². The van der Waals surface area contributed by atoms with Crippen molar-refractivity contribution in [3.8, 4) is 5.88 Å². The Morgan fingerprint density at radius 3 is 2.68 bits per heavy atom. The molecule has 4 aromatic heterocycles. The van der Waals surface area contributed by atoms with Crippen molar-refractivity contribution in [2.45, 2.75) is 24.9 Å². The van der Waals surface area contributed by atoms with E-state index < -0.39 is 18.4 Å². The largest absolute Gasteiger partial charge is 0.492 e. The fraction of sp³-hybridized carbons (Fsp3) is 0.333. The van der Waals surface area contributed by atoms with Crippen LogP contribution < -0.4 is 5.56 Å². The molecule has 0 bridgehead atoms. The van der Waals surface area contributed by atoms with Gasteiger partial charge in [0.05, 0.1) is 31.7 Å². The molecule has 4 aromatic rings. The second-order valence-corrected chi connectivity index (χ2v) is 5.97. The van der Waals surface area contributed by atoms with Gasteiger partial charge in [0, 0.05) is 6.42 Å². The highest BCUT2D eigenvalue weighted by atomic mass is 16.5. The first-order valence-electron chi connectivity index (χ1n) is 8.26. The second kappa shape index (κ2) is 7.30. The van der Waals surface area contributed by atoms with E-state index in [9.17, 15) is 15.0 Å². The van der Waals surface area contributed by atoms with E-state index in [1.807, 2.05) is 0 Å². The summed E-state index contributed by atoms with van der Waals surface area (Å²) >= 11 is 0. The minimum atomic E-state index is -0.729. The topological polar surface area (TPSA) is 188 Å². The summed E-state index contributed by atoms with van der Waals surface area (Å²) in [4.78, 5) is 35.2. The van der Waals surface area contributed by atoms with Gasteiger partial charge in [-0.1, -0.05) is 0 Å². The third-order valence-corrected chi connectivity index (χ3v) is 4.26. The molecule has 0 saturated carbocycles. The summed E-state index contributed by atoms with van der Waals surface area (Å²) in [6.07, 6.45) is 3.99. The highest BCUT2D eigenvalue weighted by Crippen LogP contribution is 2.31. The van der Waals surface area contributed by atoms with Crippen molar-refractivity contribution in [2.75, 3.05) is 6.61 Å². The molecule has 0 spiro atoms. The lowest BCUT2D eigenvalue weighted by atomic mass is 10.2. The molecule has 5 rings (SSSR count). The number of rotatable bonds is 2. The average Bonchev–Trinajstić information content (AvgIpc) is 3.40. The van der Waals surface area contributed by atoms with Gasteiger partial charge < -0.3 is 30.0 Å². The Morgan fingerprint density at radius 2 is 1.96 bits per heavy atom. The van der Waals surface area contributed by atoms with Crippen LogP contribution in [0.1, 0.15) is 12.6 Å². The van der Waals surface area contributed by atoms with Crippen molar-refractivity contribution < 1.29 is 20.1 Å². The van der Waals surface area contributed by atoms with Crippen molar-refractivity contribution in [1.82, 2.24) is 39.5 Å². The number of H-pyrrole nitrogens is 2. The SMILES string of the molecule is O=c1[nH]cnc2nc[nH]c12.OC[C@H]1O[C@@H](n2cnc3c(O)ncnc32)C[C@@H]1O. The Bertz CT molecular complexity index is 1150. The fourth-order valence-electron chi connectivity index (χ4n) is 2.88. The minimum Gasteiger partial charge on any atom is -0.492 e. The lowest BCUT2D eigenvalue weighted by molar-refractivity contribution is -0.0432. The van der Waals surface area contributed by atoms with Gasteiger partial charge >= 0.3 is 0 Å². The van der Waals surface area contributed by atoms with Crippen LogP contribution in [0.2, 0.25) is 0 Å². The van der Waals surface area contributed by atoms with E-state index in [4.69, 9.17) is 9.84 Å². The van der Waals surface area contributed by atoms with Gasteiger partial charge in [-0.3, -0.25) is 9.36 Å². The molecular weight excluding hydrogens is 372 g/mol. The average molecular weight is 388 g/mol. The first-order chi connectivity index (χ1) is 13.6. The highest BCUT2D eigenvalue weighted by Gasteiger charge is 2.35. The zero-order valence-electron chi connectivity index (χ0n) is 14.3. The normalized spacial score (nSPS) is 21.7. The maximum Gasteiger partial charge on any atom is 0.276 e. The molecule has 0 aliphatic carbocycles.